The smallest absolute Gasteiger partial charge is 0.145 e. The van der Waals surface area contributed by atoms with Gasteiger partial charge >= 0.3 is 0 Å². The van der Waals surface area contributed by atoms with Gasteiger partial charge in [0.05, 0.1) is 0 Å². The number of anilines is 2. The summed E-state index contributed by atoms with van der Waals surface area (Å²) in [5.74, 6) is 3.02. The Hall–Kier alpha value is -0.490. The molecule has 114 valence electrons. The topological polar surface area (TPSA) is 49.8 Å². The van der Waals surface area contributed by atoms with Gasteiger partial charge < -0.3 is 10.6 Å². The fraction of sp³-hybridized carbons (Fsp3) is 0.714. The second-order valence-electron chi connectivity index (χ2n) is 4.65. The van der Waals surface area contributed by atoms with Crippen molar-refractivity contribution in [3.05, 3.63) is 10.8 Å². The third kappa shape index (κ3) is 6.79. The van der Waals surface area contributed by atoms with Crippen LogP contribution in [0.3, 0.4) is 0 Å². The molecule has 1 aromatic heterocycles. The second kappa shape index (κ2) is 11.2. The summed E-state index contributed by atoms with van der Waals surface area (Å²) in [6.07, 6.45) is 9.94. The predicted octanol–water partition coefficient (Wildman–Crippen LogP) is 4.40. The number of unbranched alkanes of at least 4 members (excludes halogenated alkanes) is 3. The van der Waals surface area contributed by atoms with Gasteiger partial charge in [0.25, 0.3) is 0 Å². The maximum absolute atomic E-state index is 4.28. The highest BCUT2D eigenvalue weighted by atomic mass is 79.9. The molecule has 0 bridgehead atoms. The van der Waals surface area contributed by atoms with Crippen LogP contribution in [0.4, 0.5) is 11.6 Å². The third-order valence-electron chi connectivity index (χ3n) is 2.90. The van der Waals surface area contributed by atoms with Gasteiger partial charge in [-0.15, -0.1) is 0 Å². The van der Waals surface area contributed by atoms with E-state index in [0.717, 1.165) is 35.6 Å². The lowest BCUT2D eigenvalue weighted by atomic mass is 10.2. The molecule has 0 spiro atoms. The Bertz CT molecular complexity index is 376. The molecule has 0 atom stereocenters. The molecule has 0 aromatic carbocycles. The molecule has 0 radical (unpaired) electrons. The lowest BCUT2D eigenvalue weighted by Crippen LogP contribution is -2.08. The summed E-state index contributed by atoms with van der Waals surface area (Å²) in [6.45, 7) is 4.02. The molecule has 1 aromatic rings. The number of hydrogen-bond donors (Lipinski definition) is 2. The first-order valence-corrected chi connectivity index (χ1v) is 9.45. The van der Waals surface area contributed by atoms with Crippen LogP contribution in [0.2, 0.25) is 0 Å². The van der Waals surface area contributed by atoms with Crippen LogP contribution in [0.25, 0.3) is 0 Å². The molecule has 6 heteroatoms. The normalized spacial score (nSPS) is 10.6. The van der Waals surface area contributed by atoms with E-state index in [9.17, 15) is 0 Å². The second-order valence-corrected chi connectivity index (χ2v) is 6.42. The van der Waals surface area contributed by atoms with E-state index in [1.165, 1.54) is 31.4 Å². The Labute approximate surface area is 135 Å². The highest BCUT2D eigenvalue weighted by Gasteiger charge is 2.07. The number of aromatic nitrogens is 2. The first-order valence-electron chi connectivity index (χ1n) is 7.26. The zero-order valence-corrected chi connectivity index (χ0v) is 14.8. The standard InChI is InChI=1S/C14H25BrN4S/c1-3-8-16-13-12(15)14(19-11-18-13)17-9-6-4-5-7-10-20-2/h11H,3-10H2,1-2H3,(H2,16,17,18,19). The minimum Gasteiger partial charge on any atom is -0.369 e. The molecule has 1 heterocycles. The highest BCUT2D eigenvalue weighted by Crippen LogP contribution is 2.26. The van der Waals surface area contributed by atoms with Crippen molar-refractivity contribution in [3.8, 4) is 0 Å². The molecule has 4 nitrogen and oxygen atoms in total. The molecule has 1 rings (SSSR count). The SMILES string of the molecule is CCCNc1ncnc(NCCCCCCSC)c1Br. The van der Waals surface area contributed by atoms with Crippen molar-refractivity contribution in [3.63, 3.8) is 0 Å². The maximum atomic E-state index is 4.28. The van der Waals surface area contributed by atoms with Crippen LogP contribution >= 0.6 is 27.7 Å². The Morgan fingerprint density at radius 2 is 1.70 bits per heavy atom. The summed E-state index contributed by atoms with van der Waals surface area (Å²) >= 11 is 5.49. The minimum absolute atomic E-state index is 0.865. The van der Waals surface area contributed by atoms with E-state index in [2.05, 4.69) is 49.7 Å². The zero-order chi connectivity index (χ0) is 14.6. The molecular weight excluding hydrogens is 336 g/mol. The average Bonchev–Trinajstić information content (AvgIpc) is 2.46. The maximum Gasteiger partial charge on any atom is 0.145 e. The van der Waals surface area contributed by atoms with Gasteiger partial charge in [-0.3, -0.25) is 0 Å². The minimum atomic E-state index is 0.865. The van der Waals surface area contributed by atoms with Gasteiger partial charge in [-0.1, -0.05) is 19.8 Å². The summed E-state index contributed by atoms with van der Waals surface area (Å²) in [5, 5.41) is 6.66. The van der Waals surface area contributed by atoms with Crippen LogP contribution < -0.4 is 10.6 Å². The average molecular weight is 361 g/mol. The van der Waals surface area contributed by atoms with Gasteiger partial charge in [0.1, 0.15) is 22.4 Å². The Morgan fingerprint density at radius 1 is 1.05 bits per heavy atom. The van der Waals surface area contributed by atoms with Crippen molar-refractivity contribution in [2.75, 3.05) is 35.7 Å². The summed E-state index contributed by atoms with van der Waals surface area (Å²) in [4.78, 5) is 8.52. The van der Waals surface area contributed by atoms with Crippen LogP contribution in [0.1, 0.15) is 39.0 Å². The van der Waals surface area contributed by atoms with Crippen molar-refractivity contribution >= 4 is 39.3 Å². The van der Waals surface area contributed by atoms with Gasteiger partial charge in [0.2, 0.25) is 0 Å². The molecule has 0 saturated carbocycles. The lowest BCUT2D eigenvalue weighted by Gasteiger charge is -2.11. The van der Waals surface area contributed by atoms with Crippen LogP contribution in [-0.2, 0) is 0 Å². The van der Waals surface area contributed by atoms with E-state index in [0.29, 0.717) is 0 Å². The third-order valence-corrected chi connectivity index (χ3v) is 4.35. The zero-order valence-electron chi connectivity index (χ0n) is 12.4. The van der Waals surface area contributed by atoms with E-state index in [1.807, 2.05) is 11.8 Å². The van der Waals surface area contributed by atoms with Crippen molar-refractivity contribution < 1.29 is 0 Å². The number of halogens is 1. The first kappa shape index (κ1) is 17.6. The molecule has 0 aliphatic rings. The van der Waals surface area contributed by atoms with E-state index < -0.39 is 0 Å². The van der Waals surface area contributed by atoms with Crippen LogP contribution in [0, 0.1) is 0 Å². The monoisotopic (exact) mass is 360 g/mol. The van der Waals surface area contributed by atoms with Crippen LogP contribution in [0.5, 0.6) is 0 Å². The summed E-state index contributed by atoms with van der Waals surface area (Å²) in [6, 6.07) is 0. The number of hydrogen-bond acceptors (Lipinski definition) is 5. The number of nitrogens with zero attached hydrogens (tertiary/aromatic N) is 2. The highest BCUT2D eigenvalue weighted by molar-refractivity contribution is 9.10. The molecule has 20 heavy (non-hydrogen) atoms. The van der Waals surface area contributed by atoms with Gasteiger partial charge in [0, 0.05) is 13.1 Å². The molecule has 0 aliphatic carbocycles. The van der Waals surface area contributed by atoms with Crippen molar-refractivity contribution in [1.29, 1.82) is 0 Å². The molecular formula is C14H25BrN4S. The quantitative estimate of drug-likeness (QED) is 0.572. The van der Waals surface area contributed by atoms with Gasteiger partial charge in [-0.05, 0) is 47.2 Å². The largest absolute Gasteiger partial charge is 0.369 e. The molecule has 0 aliphatic heterocycles. The Balaban J connectivity index is 2.29. The summed E-state index contributed by atoms with van der Waals surface area (Å²) in [5.41, 5.74) is 0. The van der Waals surface area contributed by atoms with Gasteiger partial charge in [0.15, 0.2) is 0 Å². The number of thioether (sulfide) groups is 1. The first-order chi connectivity index (χ1) is 9.79. The molecule has 0 amide bonds. The Morgan fingerprint density at radius 3 is 2.35 bits per heavy atom. The molecule has 0 fully saturated rings. The van der Waals surface area contributed by atoms with Crippen molar-refractivity contribution in [2.24, 2.45) is 0 Å². The number of nitrogens with one attached hydrogen (secondary N) is 2. The van der Waals surface area contributed by atoms with Gasteiger partial charge in [-0.25, -0.2) is 9.97 Å². The fourth-order valence-corrected chi connectivity index (χ4v) is 2.77. The van der Waals surface area contributed by atoms with E-state index in [1.54, 1.807) is 6.33 Å². The lowest BCUT2D eigenvalue weighted by molar-refractivity contribution is 0.688. The summed E-state index contributed by atoms with van der Waals surface area (Å²) < 4.78 is 0.927. The summed E-state index contributed by atoms with van der Waals surface area (Å²) in [7, 11) is 0. The van der Waals surface area contributed by atoms with Crippen LogP contribution in [-0.4, -0.2) is 35.1 Å². The molecule has 2 N–H and O–H groups in total. The van der Waals surface area contributed by atoms with Crippen LogP contribution in [0.15, 0.2) is 10.8 Å². The Kier molecular flexibility index (Phi) is 9.83. The fourth-order valence-electron chi connectivity index (χ4n) is 1.79. The van der Waals surface area contributed by atoms with Crippen molar-refractivity contribution in [2.45, 2.75) is 39.0 Å². The van der Waals surface area contributed by atoms with E-state index in [-0.39, 0.29) is 0 Å². The molecule has 0 unspecified atom stereocenters. The predicted molar refractivity (Wildman–Crippen MR) is 93.9 cm³/mol. The molecule has 0 saturated heterocycles. The van der Waals surface area contributed by atoms with E-state index >= 15 is 0 Å². The van der Waals surface area contributed by atoms with E-state index in [4.69, 9.17) is 0 Å². The van der Waals surface area contributed by atoms with Crippen molar-refractivity contribution in [1.82, 2.24) is 9.97 Å². The number of rotatable bonds is 11. The van der Waals surface area contributed by atoms with Gasteiger partial charge in [-0.2, -0.15) is 11.8 Å².